The smallest absolute Gasteiger partial charge is 0.240 e. The standard InChI is InChI=1S/C20H19ClFN5OS/c1-2-3-16-24-25-20-27(16)26-17(12-4-8-14(22)9-5-12)18(29-20)19(28)23-15-10-6-13(21)7-11-15/h4-11,17-18,26H,2-3H2,1H3,(H,23,28)/t17-,18-/m1/s1. The number of aryl methyl sites for hydroxylation is 1. The summed E-state index contributed by atoms with van der Waals surface area (Å²) in [5.74, 6) is 0.292. The summed E-state index contributed by atoms with van der Waals surface area (Å²) < 4.78 is 15.3. The van der Waals surface area contributed by atoms with E-state index in [2.05, 4.69) is 27.9 Å². The zero-order valence-corrected chi connectivity index (χ0v) is 17.2. The number of carbonyl (C=O) groups excluding carboxylic acids is 1. The summed E-state index contributed by atoms with van der Waals surface area (Å²) >= 11 is 7.26. The van der Waals surface area contributed by atoms with Crippen LogP contribution in [0.2, 0.25) is 5.02 Å². The van der Waals surface area contributed by atoms with Crippen molar-refractivity contribution in [3.8, 4) is 0 Å². The van der Waals surface area contributed by atoms with Crippen LogP contribution in [0.25, 0.3) is 0 Å². The fourth-order valence-electron chi connectivity index (χ4n) is 3.15. The second kappa shape index (κ2) is 8.42. The molecule has 1 amide bonds. The van der Waals surface area contributed by atoms with Crippen LogP contribution in [0.5, 0.6) is 0 Å². The first-order valence-electron chi connectivity index (χ1n) is 9.24. The van der Waals surface area contributed by atoms with E-state index in [9.17, 15) is 9.18 Å². The van der Waals surface area contributed by atoms with Gasteiger partial charge < -0.3 is 10.7 Å². The summed E-state index contributed by atoms with van der Waals surface area (Å²) in [6, 6.07) is 12.7. The van der Waals surface area contributed by atoms with E-state index in [0.29, 0.717) is 15.9 Å². The largest absolute Gasteiger partial charge is 0.325 e. The normalized spacial score (nSPS) is 18.0. The van der Waals surface area contributed by atoms with Crippen LogP contribution in [0.4, 0.5) is 10.1 Å². The number of hydrogen-bond acceptors (Lipinski definition) is 5. The van der Waals surface area contributed by atoms with Crippen molar-refractivity contribution in [3.63, 3.8) is 0 Å². The Morgan fingerprint density at radius 3 is 2.62 bits per heavy atom. The average molecular weight is 432 g/mol. The molecular formula is C20H19ClFN5OS. The van der Waals surface area contributed by atoms with E-state index in [4.69, 9.17) is 11.6 Å². The average Bonchev–Trinajstić information content (AvgIpc) is 3.11. The summed E-state index contributed by atoms with van der Waals surface area (Å²) in [5, 5.41) is 12.1. The third kappa shape index (κ3) is 4.23. The topological polar surface area (TPSA) is 71.8 Å². The minimum Gasteiger partial charge on any atom is -0.325 e. The lowest BCUT2D eigenvalue weighted by molar-refractivity contribution is -0.116. The fraction of sp³-hybridized carbons (Fsp3) is 0.250. The first-order chi connectivity index (χ1) is 14.0. The molecule has 9 heteroatoms. The Morgan fingerprint density at radius 2 is 1.93 bits per heavy atom. The lowest BCUT2D eigenvalue weighted by Crippen LogP contribution is -2.41. The Morgan fingerprint density at radius 1 is 1.21 bits per heavy atom. The van der Waals surface area contributed by atoms with Crippen molar-refractivity contribution in [1.29, 1.82) is 0 Å². The quantitative estimate of drug-likeness (QED) is 0.625. The molecule has 0 bridgehead atoms. The number of nitrogens with one attached hydrogen (secondary N) is 2. The van der Waals surface area contributed by atoms with Gasteiger partial charge in [0.2, 0.25) is 11.1 Å². The molecule has 2 heterocycles. The van der Waals surface area contributed by atoms with Gasteiger partial charge in [-0.05, 0) is 48.4 Å². The van der Waals surface area contributed by atoms with Crippen molar-refractivity contribution in [3.05, 3.63) is 70.8 Å². The molecule has 29 heavy (non-hydrogen) atoms. The van der Waals surface area contributed by atoms with Crippen molar-refractivity contribution in [1.82, 2.24) is 14.9 Å². The highest BCUT2D eigenvalue weighted by Crippen LogP contribution is 2.37. The number of nitrogens with zero attached hydrogens (tertiary/aromatic N) is 3. The number of anilines is 1. The maximum Gasteiger partial charge on any atom is 0.240 e. The van der Waals surface area contributed by atoms with Gasteiger partial charge in [0.05, 0.1) is 6.04 Å². The summed E-state index contributed by atoms with van der Waals surface area (Å²) in [5.41, 5.74) is 4.81. The van der Waals surface area contributed by atoms with Crippen LogP contribution in [0.3, 0.4) is 0 Å². The molecule has 0 saturated heterocycles. The third-order valence-corrected chi connectivity index (χ3v) is 6.04. The summed E-state index contributed by atoms with van der Waals surface area (Å²) in [4.78, 5) is 13.1. The summed E-state index contributed by atoms with van der Waals surface area (Å²) in [6.45, 7) is 2.07. The van der Waals surface area contributed by atoms with E-state index in [1.807, 2.05) is 4.68 Å². The van der Waals surface area contributed by atoms with E-state index in [1.165, 1.54) is 23.9 Å². The molecule has 2 N–H and O–H groups in total. The van der Waals surface area contributed by atoms with E-state index in [0.717, 1.165) is 24.2 Å². The predicted molar refractivity (Wildman–Crippen MR) is 112 cm³/mol. The highest BCUT2D eigenvalue weighted by Gasteiger charge is 2.37. The van der Waals surface area contributed by atoms with Gasteiger partial charge in [-0.15, -0.1) is 10.2 Å². The number of thioether (sulfide) groups is 1. The van der Waals surface area contributed by atoms with Gasteiger partial charge >= 0.3 is 0 Å². The van der Waals surface area contributed by atoms with Crippen molar-refractivity contribution >= 4 is 35.0 Å². The third-order valence-electron chi connectivity index (χ3n) is 4.58. The van der Waals surface area contributed by atoms with E-state index >= 15 is 0 Å². The molecule has 2 aromatic carbocycles. The maximum absolute atomic E-state index is 13.4. The minimum absolute atomic E-state index is 0.189. The molecule has 0 fully saturated rings. The predicted octanol–water partition coefficient (Wildman–Crippen LogP) is 4.42. The van der Waals surface area contributed by atoms with Crippen LogP contribution in [0.1, 0.15) is 30.8 Å². The van der Waals surface area contributed by atoms with Gasteiger partial charge in [0.1, 0.15) is 11.1 Å². The Kier molecular flexibility index (Phi) is 5.73. The summed E-state index contributed by atoms with van der Waals surface area (Å²) in [6.07, 6.45) is 1.69. The Bertz CT molecular complexity index is 1010. The lowest BCUT2D eigenvalue weighted by Gasteiger charge is -2.33. The molecule has 0 unspecified atom stereocenters. The Balaban J connectivity index is 1.65. The molecule has 6 nitrogen and oxygen atoms in total. The van der Waals surface area contributed by atoms with Gasteiger partial charge in [-0.2, -0.15) is 0 Å². The first kappa shape index (κ1) is 19.7. The Labute approximate surface area is 176 Å². The molecular weight excluding hydrogens is 413 g/mol. The van der Waals surface area contributed by atoms with Gasteiger partial charge in [0.25, 0.3) is 0 Å². The molecule has 150 valence electrons. The molecule has 0 radical (unpaired) electrons. The second-order valence-corrected chi connectivity index (χ2v) is 8.22. The van der Waals surface area contributed by atoms with Crippen molar-refractivity contribution in [2.75, 3.05) is 10.7 Å². The number of hydrogen-bond donors (Lipinski definition) is 2. The number of aromatic nitrogens is 3. The highest BCUT2D eigenvalue weighted by atomic mass is 35.5. The Hall–Kier alpha value is -2.58. The molecule has 0 aliphatic carbocycles. The highest BCUT2D eigenvalue weighted by molar-refractivity contribution is 8.00. The molecule has 4 rings (SSSR count). The zero-order chi connectivity index (χ0) is 20.4. The lowest BCUT2D eigenvalue weighted by atomic mass is 10.0. The van der Waals surface area contributed by atoms with Gasteiger partial charge in [0, 0.05) is 17.1 Å². The van der Waals surface area contributed by atoms with E-state index in [-0.39, 0.29) is 17.8 Å². The molecule has 0 saturated carbocycles. The first-order valence-corrected chi connectivity index (χ1v) is 10.5. The van der Waals surface area contributed by atoms with E-state index in [1.54, 1.807) is 36.4 Å². The van der Waals surface area contributed by atoms with Gasteiger partial charge in [0.15, 0.2) is 5.82 Å². The number of halogens is 2. The van der Waals surface area contributed by atoms with Crippen LogP contribution < -0.4 is 10.7 Å². The van der Waals surface area contributed by atoms with E-state index < -0.39 is 5.25 Å². The van der Waals surface area contributed by atoms with Gasteiger partial charge in [-0.3, -0.25) is 4.79 Å². The number of carbonyl (C=O) groups is 1. The van der Waals surface area contributed by atoms with Crippen LogP contribution >= 0.6 is 23.4 Å². The molecule has 1 aliphatic heterocycles. The fourth-order valence-corrected chi connectivity index (χ4v) is 4.38. The number of benzene rings is 2. The van der Waals surface area contributed by atoms with Gasteiger partial charge in [-0.1, -0.05) is 42.4 Å². The van der Waals surface area contributed by atoms with Crippen LogP contribution in [0.15, 0.2) is 53.7 Å². The molecule has 0 spiro atoms. The maximum atomic E-state index is 13.4. The number of fused-ring (bicyclic) bond motifs is 1. The van der Waals surface area contributed by atoms with Crippen LogP contribution in [-0.2, 0) is 11.2 Å². The monoisotopic (exact) mass is 431 g/mol. The molecule has 1 aliphatic rings. The van der Waals surface area contributed by atoms with Crippen molar-refractivity contribution in [2.45, 2.75) is 36.2 Å². The van der Waals surface area contributed by atoms with Crippen molar-refractivity contribution in [2.24, 2.45) is 0 Å². The molecule has 3 aromatic rings. The number of amides is 1. The minimum atomic E-state index is -0.526. The SMILES string of the molecule is CCCc1nnc2n1N[C@H](c1ccc(F)cc1)[C@H](C(=O)Nc1ccc(Cl)cc1)S2. The van der Waals surface area contributed by atoms with Crippen LogP contribution in [-0.4, -0.2) is 26.0 Å². The van der Waals surface area contributed by atoms with Gasteiger partial charge in [-0.25, -0.2) is 9.07 Å². The summed E-state index contributed by atoms with van der Waals surface area (Å²) in [7, 11) is 0. The molecule has 2 atom stereocenters. The molecule has 1 aromatic heterocycles. The second-order valence-electron chi connectivity index (χ2n) is 6.68. The zero-order valence-electron chi connectivity index (χ0n) is 15.6. The van der Waals surface area contributed by atoms with Crippen molar-refractivity contribution < 1.29 is 9.18 Å². The number of rotatable bonds is 5. The van der Waals surface area contributed by atoms with Crippen LogP contribution in [0, 0.1) is 5.82 Å².